The predicted octanol–water partition coefficient (Wildman–Crippen LogP) is 4.78. The minimum atomic E-state index is -1.92. The Labute approximate surface area is 215 Å². The number of hydrogen-bond acceptors (Lipinski definition) is 4. The van der Waals surface area contributed by atoms with E-state index in [1.807, 2.05) is 0 Å². The number of benzene rings is 3. The Morgan fingerprint density at radius 3 is 1.65 bits per heavy atom. The molecule has 2 aliphatic heterocycles. The molecule has 2 heterocycles. The molecule has 2 aliphatic rings. The maximum absolute atomic E-state index is 5.91. The van der Waals surface area contributed by atoms with Gasteiger partial charge in [0.15, 0.2) is 0 Å². The molecule has 34 heavy (non-hydrogen) atoms. The van der Waals surface area contributed by atoms with Gasteiger partial charge in [-0.2, -0.15) is 0 Å². The van der Waals surface area contributed by atoms with E-state index < -0.39 is 5.39 Å². The van der Waals surface area contributed by atoms with Crippen LogP contribution in [0.5, 0.6) is 0 Å². The van der Waals surface area contributed by atoms with Crippen molar-refractivity contribution in [3.05, 3.63) is 90.5 Å². The maximum Gasteiger partial charge on any atom is 0.0924 e. The van der Waals surface area contributed by atoms with Crippen molar-refractivity contribution in [3.8, 4) is 0 Å². The molecule has 3 aromatic rings. The van der Waals surface area contributed by atoms with Gasteiger partial charge >= 0.3 is 0 Å². The Morgan fingerprint density at radius 2 is 1.15 bits per heavy atom. The molecule has 0 radical (unpaired) electrons. The number of thiol groups is 1. The zero-order chi connectivity index (χ0) is 23.8. The molecule has 3 aromatic carbocycles. The van der Waals surface area contributed by atoms with Crippen LogP contribution in [0.1, 0.15) is 5.56 Å². The molecule has 0 aliphatic carbocycles. The lowest BCUT2D eigenvalue weighted by molar-refractivity contribution is 0.423. The van der Waals surface area contributed by atoms with Crippen molar-refractivity contribution in [1.82, 2.24) is 9.99 Å². The summed E-state index contributed by atoms with van der Waals surface area (Å²) in [5, 5.41) is 2.62. The first-order chi connectivity index (χ1) is 16.5. The van der Waals surface area contributed by atoms with Crippen molar-refractivity contribution in [2.75, 3.05) is 62.2 Å². The van der Waals surface area contributed by atoms with Crippen molar-refractivity contribution >= 4 is 46.1 Å². The average molecular weight is 511 g/mol. The van der Waals surface area contributed by atoms with Crippen molar-refractivity contribution in [3.63, 3.8) is 0 Å². The van der Waals surface area contributed by atoms with Crippen LogP contribution in [-0.2, 0) is 11.8 Å². The fraction of sp³-hybridized carbons (Fsp3) is 0.333. The normalized spacial score (nSPS) is 18.5. The van der Waals surface area contributed by atoms with Gasteiger partial charge in [0.05, 0.1) is 5.39 Å². The van der Waals surface area contributed by atoms with Crippen LogP contribution >= 0.6 is 17.6 Å². The first-order valence-corrected chi connectivity index (χ1v) is 15.9. The maximum atomic E-state index is 5.91. The van der Waals surface area contributed by atoms with Crippen molar-refractivity contribution in [2.24, 2.45) is 0 Å². The van der Waals surface area contributed by atoms with Crippen LogP contribution in [0.15, 0.2) is 84.9 Å². The van der Waals surface area contributed by atoms with Gasteiger partial charge in [0.25, 0.3) is 0 Å². The average Bonchev–Trinajstić information content (AvgIpc) is 2.91. The van der Waals surface area contributed by atoms with E-state index >= 15 is 0 Å². The van der Waals surface area contributed by atoms with Crippen LogP contribution in [0, 0.1) is 6.92 Å². The molecule has 2 fully saturated rings. The van der Waals surface area contributed by atoms with E-state index in [9.17, 15) is 0 Å². The molecule has 0 spiro atoms. The monoisotopic (exact) mass is 510 g/mol. The number of rotatable bonds is 4. The Hall–Kier alpha value is -1.82. The van der Waals surface area contributed by atoms with Gasteiger partial charge in [-0.25, -0.2) is 0 Å². The molecule has 5 rings (SSSR count). The molecule has 0 aromatic heterocycles. The summed E-state index contributed by atoms with van der Waals surface area (Å²) in [5.74, 6) is 0. The molecule has 0 amide bonds. The van der Waals surface area contributed by atoms with E-state index in [-0.39, 0.29) is 0 Å². The molecule has 2 saturated heterocycles. The van der Waals surface area contributed by atoms with Crippen LogP contribution in [0.2, 0.25) is 0 Å². The molecule has 0 saturated carbocycles. The molecular formula is C27H35N4PS2. The number of nitrogens with one attached hydrogen (secondary N) is 1. The first kappa shape index (κ1) is 25.3. The topological polar surface area (TPSA) is 21.8 Å². The Bertz CT molecular complexity index is 1050. The third kappa shape index (κ3) is 6.65. The van der Waals surface area contributed by atoms with E-state index in [1.165, 1.54) is 22.2 Å². The number of hydrogen-bond donors (Lipinski definition) is 2. The third-order valence-corrected chi connectivity index (χ3v) is 11.3. The second kappa shape index (κ2) is 12.2. The van der Waals surface area contributed by atoms with Crippen LogP contribution < -0.4 is 20.4 Å². The van der Waals surface area contributed by atoms with E-state index in [0.717, 1.165) is 52.4 Å². The Kier molecular flexibility index (Phi) is 9.10. The summed E-state index contributed by atoms with van der Waals surface area (Å²) in [4.78, 5) is 4.84. The second-order valence-corrected chi connectivity index (χ2v) is 15.0. The highest BCUT2D eigenvalue weighted by molar-refractivity contribution is 8.65. The second-order valence-electron chi connectivity index (χ2n) is 8.73. The molecular weight excluding hydrogens is 475 g/mol. The van der Waals surface area contributed by atoms with E-state index in [2.05, 4.69) is 112 Å². The number of anilines is 2. The standard InChI is InChI=1S/C17H21N2PS2.C10H14N2/c1-15-7-9-17(10-8-15)20(21,22)19-13-11-18(12-14-19)16-5-3-2-4-6-16;1-2-4-10(5-3-1)12-8-6-11-7-9-12/h2-10H,11-14H2,1H3,(H,21,22);1-5,11H,6-9H2. The van der Waals surface area contributed by atoms with Gasteiger partial charge in [0, 0.05) is 69.0 Å². The molecule has 1 unspecified atom stereocenters. The summed E-state index contributed by atoms with van der Waals surface area (Å²) < 4.78 is 2.40. The van der Waals surface area contributed by atoms with Gasteiger partial charge < -0.3 is 15.1 Å². The van der Waals surface area contributed by atoms with Gasteiger partial charge in [0.2, 0.25) is 0 Å². The summed E-state index contributed by atoms with van der Waals surface area (Å²) >= 11 is 10.8. The molecule has 180 valence electrons. The lowest BCUT2D eigenvalue weighted by Gasteiger charge is -2.40. The highest BCUT2D eigenvalue weighted by Gasteiger charge is 2.27. The zero-order valence-corrected chi connectivity index (χ0v) is 22.5. The lowest BCUT2D eigenvalue weighted by atomic mass is 10.2. The summed E-state index contributed by atoms with van der Waals surface area (Å²) in [6.45, 7) is 10.5. The quantitative estimate of drug-likeness (QED) is 0.388. The summed E-state index contributed by atoms with van der Waals surface area (Å²) in [7, 11) is 0. The van der Waals surface area contributed by atoms with E-state index in [1.54, 1.807) is 0 Å². The molecule has 1 N–H and O–H groups in total. The van der Waals surface area contributed by atoms with Crippen LogP contribution in [-0.4, -0.2) is 57.0 Å². The van der Waals surface area contributed by atoms with Gasteiger partial charge in [-0.1, -0.05) is 78.0 Å². The fourth-order valence-corrected chi connectivity index (χ4v) is 7.70. The van der Waals surface area contributed by atoms with Crippen LogP contribution in [0.25, 0.3) is 0 Å². The van der Waals surface area contributed by atoms with Gasteiger partial charge in [0.1, 0.15) is 0 Å². The smallest absolute Gasteiger partial charge is 0.0924 e. The SMILES string of the molecule is Cc1ccc(P(=S)(S)N2CCN(c3ccccc3)CC2)cc1.c1ccc(N2CCNCC2)cc1. The number of nitrogens with zero attached hydrogens (tertiary/aromatic N) is 3. The van der Waals surface area contributed by atoms with Crippen molar-refractivity contribution in [1.29, 1.82) is 0 Å². The molecule has 1 atom stereocenters. The number of aryl methyl sites for hydroxylation is 1. The number of piperazine rings is 2. The molecule has 4 nitrogen and oxygen atoms in total. The van der Waals surface area contributed by atoms with Crippen LogP contribution in [0.4, 0.5) is 11.4 Å². The zero-order valence-electron chi connectivity index (χ0n) is 19.9. The third-order valence-electron chi connectivity index (χ3n) is 6.37. The Morgan fingerprint density at radius 1 is 0.676 bits per heavy atom. The summed E-state index contributed by atoms with van der Waals surface area (Å²) in [6.07, 6.45) is 0. The van der Waals surface area contributed by atoms with Crippen LogP contribution in [0.3, 0.4) is 0 Å². The van der Waals surface area contributed by atoms with Gasteiger partial charge in [-0.05, 0) is 31.2 Å². The first-order valence-electron chi connectivity index (χ1n) is 12.0. The van der Waals surface area contributed by atoms with E-state index in [4.69, 9.17) is 24.1 Å². The fourth-order valence-electron chi connectivity index (χ4n) is 4.33. The lowest BCUT2D eigenvalue weighted by Crippen LogP contribution is -2.45. The number of para-hydroxylation sites is 2. The van der Waals surface area contributed by atoms with Crippen molar-refractivity contribution in [2.45, 2.75) is 6.92 Å². The van der Waals surface area contributed by atoms with Crippen molar-refractivity contribution < 1.29 is 0 Å². The highest BCUT2D eigenvalue weighted by atomic mass is 32.9. The summed E-state index contributed by atoms with van der Waals surface area (Å²) in [6, 6.07) is 29.7. The molecule has 7 heteroatoms. The minimum absolute atomic E-state index is 0.976. The van der Waals surface area contributed by atoms with Gasteiger partial charge in [-0.15, -0.1) is 12.2 Å². The largest absolute Gasteiger partial charge is 0.369 e. The minimum Gasteiger partial charge on any atom is -0.369 e. The molecule has 0 bridgehead atoms. The predicted molar refractivity (Wildman–Crippen MR) is 156 cm³/mol. The van der Waals surface area contributed by atoms with Gasteiger partial charge in [-0.3, -0.25) is 4.67 Å². The highest BCUT2D eigenvalue weighted by Crippen LogP contribution is 2.53. The Balaban J connectivity index is 0.000000192. The summed E-state index contributed by atoms with van der Waals surface area (Å²) in [5.41, 5.74) is 3.91. The van der Waals surface area contributed by atoms with E-state index in [0.29, 0.717) is 0 Å².